The number of unbranched alkanes of at least 4 members (excludes halogenated alkanes) is 43. The predicted octanol–water partition coefficient (Wildman–Crippen LogP) is 24.8. The lowest BCUT2D eigenvalue weighted by Gasteiger charge is -2.21. The molecule has 3 N–H and O–H groups in total. The zero-order chi connectivity index (χ0) is 75.3. The molecule has 0 aromatic carbocycles. The highest BCUT2D eigenvalue weighted by molar-refractivity contribution is 7.47. The number of hydrogen-bond acceptors (Lipinski definition) is 15. The Labute approximate surface area is 626 Å². The number of esters is 4. The monoisotopic (exact) mass is 1490 g/mol. The zero-order valence-corrected chi connectivity index (χ0v) is 69.0. The lowest BCUT2D eigenvalue weighted by atomic mass is 9.99. The van der Waals surface area contributed by atoms with E-state index in [4.69, 9.17) is 37.0 Å². The second kappa shape index (κ2) is 72.0. The lowest BCUT2D eigenvalue weighted by molar-refractivity contribution is -0.161. The number of phosphoric acid groups is 2. The minimum atomic E-state index is -4.96. The Morgan fingerprint density at radius 2 is 0.471 bits per heavy atom. The van der Waals surface area contributed by atoms with Gasteiger partial charge in [0.1, 0.15) is 19.3 Å². The molecule has 17 nitrogen and oxygen atoms in total. The quantitative estimate of drug-likeness (QED) is 0.0222. The van der Waals surface area contributed by atoms with E-state index in [0.29, 0.717) is 25.7 Å². The molecule has 0 aliphatic carbocycles. The molecule has 0 heterocycles. The van der Waals surface area contributed by atoms with E-state index < -0.39 is 97.5 Å². The number of phosphoric ester groups is 2. The van der Waals surface area contributed by atoms with Crippen molar-refractivity contribution < 1.29 is 80.2 Å². The summed E-state index contributed by atoms with van der Waals surface area (Å²) in [5.74, 6) is 1.08. The molecule has 0 amide bonds. The van der Waals surface area contributed by atoms with E-state index in [9.17, 15) is 43.2 Å². The van der Waals surface area contributed by atoms with E-state index in [2.05, 4.69) is 55.4 Å². The first-order valence-corrected chi connectivity index (χ1v) is 45.8. The van der Waals surface area contributed by atoms with Gasteiger partial charge in [-0.15, -0.1) is 0 Å². The molecule has 0 aliphatic heterocycles. The van der Waals surface area contributed by atoms with Crippen molar-refractivity contribution in [1.29, 1.82) is 0 Å². The molecular formula is C83H162O17P2. The summed E-state index contributed by atoms with van der Waals surface area (Å²) in [5.41, 5.74) is 0. The Kier molecular flexibility index (Phi) is 70.6. The fourth-order valence-corrected chi connectivity index (χ4v) is 14.3. The van der Waals surface area contributed by atoms with Crippen molar-refractivity contribution >= 4 is 39.5 Å². The van der Waals surface area contributed by atoms with Crippen molar-refractivity contribution in [3.63, 3.8) is 0 Å². The van der Waals surface area contributed by atoms with Gasteiger partial charge in [0.25, 0.3) is 0 Å². The third-order valence-electron chi connectivity index (χ3n) is 20.4. The van der Waals surface area contributed by atoms with Crippen LogP contribution in [-0.2, 0) is 65.4 Å². The molecule has 5 unspecified atom stereocenters. The summed E-state index contributed by atoms with van der Waals surface area (Å²) in [6.45, 7) is 14.3. The number of rotatable bonds is 80. The van der Waals surface area contributed by atoms with Crippen LogP contribution in [0.25, 0.3) is 0 Å². The predicted molar refractivity (Wildman–Crippen MR) is 418 cm³/mol. The molecule has 19 heteroatoms. The Morgan fingerprint density at radius 3 is 0.696 bits per heavy atom. The minimum absolute atomic E-state index is 0.107. The van der Waals surface area contributed by atoms with Gasteiger partial charge in [0.15, 0.2) is 12.2 Å². The number of hydrogen-bond donors (Lipinski definition) is 3. The number of carbonyl (C=O) groups is 4. The zero-order valence-electron chi connectivity index (χ0n) is 67.2. The van der Waals surface area contributed by atoms with E-state index in [-0.39, 0.29) is 25.7 Å². The number of carbonyl (C=O) groups excluding carboxylic acids is 4. The summed E-state index contributed by atoms with van der Waals surface area (Å²) in [5, 5.41) is 10.7. The van der Waals surface area contributed by atoms with Crippen LogP contribution in [-0.4, -0.2) is 96.7 Å². The highest BCUT2D eigenvalue weighted by Crippen LogP contribution is 2.45. The molecule has 0 fully saturated rings. The van der Waals surface area contributed by atoms with Crippen LogP contribution in [0, 0.1) is 23.7 Å². The Hall–Kier alpha value is -1.94. The second-order valence-corrected chi connectivity index (χ2v) is 34.0. The summed E-state index contributed by atoms with van der Waals surface area (Å²) in [4.78, 5) is 73.1. The van der Waals surface area contributed by atoms with Gasteiger partial charge in [-0.1, -0.05) is 376 Å². The second-order valence-electron chi connectivity index (χ2n) is 31.1. The lowest BCUT2D eigenvalue weighted by Crippen LogP contribution is -2.30. The third kappa shape index (κ3) is 72.3. The van der Waals surface area contributed by atoms with Gasteiger partial charge in [-0.05, 0) is 49.4 Å². The van der Waals surface area contributed by atoms with Gasteiger partial charge in [-0.3, -0.25) is 37.3 Å². The molecule has 0 spiro atoms. The van der Waals surface area contributed by atoms with Gasteiger partial charge < -0.3 is 33.8 Å². The molecule has 0 bridgehead atoms. The molecule has 102 heavy (non-hydrogen) atoms. The van der Waals surface area contributed by atoms with Crippen molar-refractivity contribution in [3.8, 4) is 0 Å². The molecular weight excluding hydrogens is 1330 g/mol. The average molecular weight is 1490 g/mol. The normalized spacial score (nSPS) is 14.8. The minimum Gasteiger partial charge on any atom is -0.462 e. The van der Waals surface area contributed by atoms with Gasteiger partial charge >= 0.3 is 39.5 Å². The molecule has 0 aromatic heterocycles. The Balaban J connectivity index is 5.21. The number of ether oxygens (including phenoxy) is 4. The molecule has 0 radical (unpaired) electrons. The molecule has 606 valence electrons. The van der Waals surface area contributed by atoms with Crippen LogP contribution in [0.5, 0.6) is 0 Å². The van der Waals surface area contributed by atoms with E-state index in [1.165, 1.54) is 225 Å². The highest BCUT2D eigenvalue weighted by Gasteiger charge is 2.30. The van der Waals surface area contributed by atoms with E-state index in [0.717, 1.165) is 120 Å². The molecule has 8 atom stereocenters. The summed E-state index contributed by atoms with van der Waals surface area (Å²) in [7, 11) is -9.93. The van der Waals surface area contributed by atoms with Crippen LogP contribution in [0.1, 0.15) is 428 Å². The van der Waals surface area contributed by atoms with Crippen molar-refractivity contribution in [2.45, 2.75) is 446 Å². The first kappa shape index (κ1) is 100. The van der Waals surface area contributed by atoms with Crippen LogP contribution in [0.3, 0.4) is 0 Å². The van der Waals surface area contributed by atoms with Gasteiger partial charge in [-0.25, -0.2) is 9.13 Å². The van der Waals surface area contributed by atoms with E-state index in [1.807, 2.05) is 0 Å². The largest absolute Gasteiger partial charge is 0.472 e. The molecule has 0 aliphatic rings. The summed E-state index contributed by atoms with van der Waals surface area (Å²) in [6.07, 6.45) is 59.6. The van der Waals surface area contributed by atoms with E-state index in [1.54, 1.807) is 0 Å². The van der Waals surface area contributed by atoms with Crippen molar-refractivity contribution in [2.24, 2.45) is 23.7 Å². The number of aliphatic hydroxyl groups excluding tert-OH is 1. The van der Waals surface area contributed by atoms with Crippen molar-refractivity contribution in [1.82, 2.24) is 0 Å². The SMILES string of the molecule is CCC(C)CCCCCCCCCCCCCCCCCCCCC(=O)O[C@H](COC(=O)CCCCCCCCC(C)CC)COP(=O)(O)OC[C@H](O)COP(=O)(O)OC[C@@H](COC(=O)CCCCCCCCCCCCC(C)CC)OC(=O)CCCCCCCCCCCCCCCC(C)C. The first-order valence-electron chi connectivity index (χ1n) is 42.8. The fraction of sp³-hybridized carbons (Fsp3) is 0.952. The van der Waals surface area contributed by atoms with E-state index >= 15 is 0 Å². The van der Waals surface area contributed by atoms with Gasteiger partial charge in [0.05, 0.1) is 26.4 Å². The molecule has 0 rings (SSSR count). The standard InChI is InChI=1S/C83H162O17P2/c1-9-74(6)60-52-44-36-30-24-20-16-14-12-13-15-17-21-25-33-39-49-57-65-83(88)100-79(70-94-81(86)64-56-48-42-41-46-54-62-76(8)11-3)72-98-102(91,92)96-68-77(84)67-95-101(89,90)97-71-78(69-93-80(85)63-55-47-38-32-28-27-31-37-45-53-61-75(7)10-2)99-82(87)66-58-50-40-34-26-22-18-19-23-29-35-43-51-59-73(4)5/h73-79,84H,9-72H2,1-8H3,(H,89,90)(H,91,92)/t74?,75?,76?,77-,78-,79-/m1/s1. The molecule has 0 saturated carbocycles. The van der Waals surface area contributed by atoms with Gasteiger partial charge in [0, 0.05) is 25.7 Å². The fourth-order valence-electron chi connectivity index (χ4n) is 12.7. The smallest absolute Gasteiger partial charge is 0.462 e. The summed E-state index contributed by atoms with van der Waals surface area (Å²) >= 11 is 0. The van der Waals surface area contributed by atoms with Crippen molar-refractivity contribution in [2.75, 3.05) is 39.6 Å². The van der Waals surface area contributed by atoms with Crippen LogP contribution >= 0.6 is 15.6 Å². The average Bonchev–Trinajstić information content (AvgIpc) is 0.924. The van der Waals surface area contributed by atoms with Crippen LogP contribution < -0.4 is 0 Å². The van der Waals surface area contributed by atoms with Crippen molar-refractivity contribution in [3.05, 3.63) is 0 Å². The third-order valence-corrected chi connectivity index (χ3v) is 22.3. The Bertz CT molecular complexity index is 1990. The van der Waals surface area contributed by atoms with Crippen LogP contribution in [0.15, 0.2) is 0 Å². The van der Waals surface area contributed by atoms with Crippen LogP contribution in [0.2, 0.25) is 0 Å². The summed E-state index contributed by atoms with van der Waals surface area (Å²) in [6, 6.07) is 0. The first-order chi connectivity index (χ1) is 49.2. The Morgan fingerprint density at radius 1 is 0.275 bits per heavy atom. The van der Waals surface area contributed by atoms with Gasteiger partial charge in [0.2, 0.25) is 0 Å². The topological polar surface area (TPSA) is 237 Å². The van der Waals surface area contributed by atoms with Gasteiger partial charge in [-0.2, -0.15) is 0 Å². The maximum absolute atomic E-state index is 13.1. The highest BCUT2D eigenvalue weighted by atomic mass is 31.2. The molecule has 0 aromatic rings. The summed E-state index contributed by atoms with van der Waals surface area (Å²) < 4.78 is 68.8. The maximum atomic E-state index is 13.1. The molecule has 0 saturated heterocycles. The number of aliphatic hydroxyl groups is 1. The maximum Gasteiger partial charge on any atom is 0.472 e. The van der Waals surface area contributed by atoms with Crippen LogP contribution in [0.4, 0.5) is 0 Å².